The summed E-state index contributed by atoms with van der Waals surface area (Å²) in [7, 11) is 1.88. The summed E-state index contributed by atoms with van der Waals surface area (Å²) in [5.74, 6) is 0.418. The van der Waals surface area contributed by atoms with Crippen molar-refractivity contribution in [1.82, 2.24) is 14.7 Å². The van der Waals surface area contributed by atoms with Crippen LogP contribution in [0.5, 0.6) is 0 Å². The first kappa shape index (κ1) is 20.5. The average Bonchev–Trinajstić information content (AvgIpc) is 3.12. The number of aryl methyl sites for hydroxylation is 2. The van der Waals surface area contributed by atoms with E-state index in [0.717, 1.165) is 18.5 Å². The van der Waals surface area contributed by atoms with E-state index in [0.29, 0.717) is 13.0 Å². The Kier molecular flexibility index (Phi) is 7.73. The van der Waals surface area contributed by atoms with Crippen molar-refractivity contribution in [2.45, 2.75) is 24.8 Å². The van der Waals surface area contributed by atoms with Crippen molar-refractivity contribution in [2.24, 2.45) is 12.8 Å². The van der Waals surface area contributed by atoms with Crippen LogP contribution in [-0.2, 0) is 18.3 Å². The lowest BCUT2D eigenvalue weighted by Gasteiger charge is -2.16. The highest BCUT2D eigenvalue weighted by molar-refractivity contribution is 5.85. The molecule has 132 valence electrons. The van der Waals surface area contributed by atoms with Gasteiger partial charge in [0.1, 0.15) is 0 Å². The largest absolute Gasteiger partial charge is 0.340 e. The second kappa shape index (κ2) is 9.06. The molecule has 2 atom stereocenters. The zero-order valence-corrected chi connectivity index (χ0v) is 15.3. The molecule has 0 unspecified atom stereocenters. The van der Waals surface area contributed by atoms with E-state index < -0.39 is 0 Å². The van der Waals surface area contributed by atoms with Crippen LogP contribution in [0.15, 0.2) is 42.7 Å². The molecule has 1 amide bonds. The second-order valence-electron chi connectivity index (χ2n) is 6.00. The van der Waals surface area contributed by atoms with Crippen LogP contribution in [0, 0.1) is 0 Å². The third-order valence-corrected chi connectivity index (χ3v) is 4.33. The highest BCUT2D eigenvalue weighted by Gasteiger charge is 2.33. The fourth-order valence-corrected chi connectivity index (χ4v) is 3.10. The maximum absolute atomic E-state index is 12.4. The Morgan fingerprint density at radius 2 is 1.96 bits per heavy atom. The molecule has 7 heteroatoms. The first-order valence-electron chi connectivity index (χ1n) is 7.69. The van der Waals surface area contributed by atoms with Crippen LogP contribution >= 0.6 is 24.8 Å². The normalized spacial score (nSPS) is 19.5. The van der Waals surface area contributed by atoms with Gasteiger partial charge in [-0.15, -0.1) is 24.8 Å². The Balaban J connectivity index is 0.00000144. The van der Waals surface area contributed by atoms with Crippen LogP contribution in [0.25, 0.3) is 0 Å². The first-order valence-corrected chi connectivity index (χ1v) is 7.69. The molecule has 1 aliphatic heterocycles. The predicted octanol–water partition coefficient (Wildman–Crippen LogP) is 2.15. The lowest BCUT2D eigenvalue weighted by molar-refractivity contribution is -0.130. The standard InChI is InChI=1S/C17H22N4O.2ClH/c1-20-10-13(9-19-20)7-8-17(22)21-11-15(16(18)12-21)14-5-3-2-4-6-14;;/h2-6,9-10,15-16H,7-8,11-12,18H2,1H3;2*1H/t15-,16+;;/m0../s1. The quantitative estimate of drug-likeness (QED) is 0.896. The number of aromatic nitrogens is 2. The molecule has 0 spiro atoms. The number of nitrogens with zero attached hydrogens (tertiary/aromatic N) is 3. The maximum Gasteiger partial charge on any atom is 0.222 e. The van der Waals surface area contributed by atoms with Gasteiger partial charge >= 0.3 is 0 Å². The molecule has 5 nitrogen and oxygen atoms in total. The number of likely N-dealkylation sites (tertiary alicyclic amines) is 1. The van der Waals surface area contributed by atoms with E-state index in [1.165, 1.54) is 5.56 Å². The molecular formula is C17H24Cl2N4O. The number of carbonyl (C=O) groups is 1. The van der Waals surface area contributed by atoms with E-state index in [1.807, 2.05) is 42.5 Å². The Labute approximate surface area is 155 Å². The van der Waals surface area contributed by atoms with Gasteiger partial charge in [0.25, 0.3) is 0 Å². The molecule has 0 aliphatic carbocycles. The molecule has 1 aromatic heterocycles. The van der Waals surface area contributed by atoms with E-state index >= 15 is 0 Å². The fraction of sp³-hybridized carbons (Fsp3) is 0.412. The monoisotopic (exact) mass is 370 g/mol. The molecule has 1 aromatic carbocycles. The van der Waals surface area contributed by atoms with Crippen LogP contribution in [0.2, 0.25) is 0 Å². The SMILES string of the molecule is Cl.Cl.Cn1cc(CCC(=O)N2C[C@@H](N)[C@H](c3ccccc3)C2)cn1. The molecule has 2 aromatic rings. The van der Waals surface area contributed by atoms with Crippen molar-refractivity contribution in [2.75, 3.05) is 13.1 Å². The number of rotatable bonds is 4. The summed E-state index contributed by atoms with van der Waals surface area (Å²) in [6, 6.07) is 10.2. The summed E-state index contributed by atoms with van der Waals surface area (Å²) < 4.78 is 1.76. The molecule has 0 bridgehead atoms. The summed E-state index contributed by atoms with van der Waals surface area (Å²) in [5.41, 5.74) is 8.56. The van der Waals surface area contributed by atoms with Gasteiger partial charge in [-0.25, -0.2) is 0 Å². The van der Waals surface area contributed by atoms with Gasteiger partial charge in [-0.05, 0) is 17.5 Å². The Morgan fingerprint density at radius 1 is 1.25 bits per heavy atom. The number of benzene rings is 1. The topological polar surface area (TPSA) is 64.2 Å². The van der Waals surface area contributed by atoms with Crippen LogP contribution in [0.1, 0.15) is 23.5 Å². The van der Waals surface area contributed by atoms with Crippen molar-refractivity contribution in [1.29, 1.82) is 0 Å². The number of amides is 1. The minimum absolute atomic E-state index is 0. The van der Waals surface area contributed by atoms with Crippen molar-refractivity contribution in [3.63, 3.8) is 0 Å². The highest BCUT2D eigenvalue weighted by Crippen LogP contribution is 2.26. The molecule has 1 saturated heterocycles. The van der Waals surface area contributed by atoms with Crippen molar-refractivity contribution < 1.29 is 4.79 Å². The second-order valence-corrected chi connectivity index (χ2v) is 6.00. The van der Waals surface area contributed by atoms with Gasteiger partial charge in [0, 0.05) is 44.7 Å². The van der Waals surface area contributed by atoms with Crippen LogP contribution in [-0.4, -0.2) is 39.7 Å². The molecule has 0 saturated carbocycles. The molecule has 24 heavy (non-hydrogen) atoms. The van der Waals surface area contributed by atoms with Crippen LogP contribution in [0.3, 0.4) is 0 Å². The predicted molar refractivity (Wildman–Crippen MR) is 99.8 cm³/mol. The third-order valence-electron chi connectivity index (χ3n) is 4.33. The van der Waals surface area contributed by atoms with Gasteiger partial charge in [0.05, 0.1) is 6.20 Å². The summed E-state index contributed by atoms with van der Waals surface area (Å²) in [6.45, 7) is 1.36. The maximum atomic E-state index is 12.4. The number of hydrogen-bond donors (Lipinski definition) is 1. The number of hydrogen-bond acceptors (Lipinski definition) is 3. The van der Waals surface area contributed by atoms with Crippen LogP contribution < -0.4 is 5.73 Å². The van der Waals surface area contributed by atoms with E-state index in [-0.39, 0.29) is 42.7 Å². The Bertz CT molecular complexity index is 647. The van der Waals surface area contributed by atoms with Crippen LogP contribution in [0.4, 0.5) is 0 Å². The fourth-order valence-electron chi connectivity index (χ4n) is 3.10. The smallest absolute Gasteiger partial charge is 0.222 e. The highest BCUT2D eigenvalue weighted by atomic mass is 35.5. The summed E-state index contributed by atoms with van der Waals surface area (Å²) in [6.07, 6.45) is 5.01. The van der Waals surface area contributed by atoms with Gasteiger partial charge in [0.15, 0.2) is 0 Å². The van der Waals surface area contributed by atoms with E-state index in [4.69, 9.17) is 5.73 Å². The zero-order chi connectivity index (χ0) is 15.5. The molecule has 2 N–H and O–H groups in total. The Morgan fingerprint density at radius 3 is 2.58 bits per heavy atom. The average molecular weight is 371 g/mol. The van der Waals surface area contributed by atoms with Gasteiger partial charge in [0.2, 0.25) is 5.91 Å². The molecule has 1 fully saturated rings. The van der Waals surface area contributed by atoms with Gasteiger partial charge < -0.3 is 10.6 Å². The van der Waals surface area contributed by atoms with E-state index in [1.54, 1.807) is 4.68 Å². The first-order chi connectivity index (χ1) is 10.6. The molecular weight excluding hydrogens is 347 g/mol. The number of nitrogens with two attached hydrogens (primary N) is 1. The van der Waals surface area contributed by atoms with Gasteiger partial charge in [-0.3, -0.25) is 9.48 Å². The summed E-state index contributed by atoms with van der Waals surface area (Å²) in [4.78, 5) is 14.3. The summed E-state index contributed by atoms with van der Waals surface area (Å²) in [5, 5.41) is 4.13. The van der Waals surface area contributed by atoms with E-state index in [2.05, 4.69) is 17.2 Å². The van der Waals surface area contributed by atoms with E-state index in [9.17, 15) is 4.79 Å². The number of carbonyl (C=O) groups excluding carboxylic acids is 1. The van der Waals surface area contributed by atoms with Crippen molar-refractivity contribution >= 4 is 30.7 Å². The van der Waals surface area contributed by atoms with Gasteiger partial charge in [-0.2, -0.15) is 5.10 Å². The lowest BCUT2D eigenvalue weighted by Crippen LogP contribution is -2.32. The van der Waals surface area contributed by atoms with Crippen molar-refractivity contribution in [3.05, 3.63) is 53.9 Å². The molecule has 3 rings (SSSR count). The third kappa shape index (κ3) is 4.72. The van der Waals surface area contributed by atoms with Gasteiger partial charge in [-0.1, -0.05) is 30.3 Å². The lowest BCUT2D eigenvalue weighted by atomic mass is 9.95. The minimum Gasteiger partial charge on any atom is -0.340 e. The number of halogens is 2. The zero-order valence-electron chi connectivity index (χ0n) is 13.7. The Hall–Kier alpha value is -1.56. The minimum atomic E-state index is 0. The van der Waals surface area contributed by atoms with Crippen molar-refractivity contribution in [3.8, 4) is 0 Å². The summed E-state index contributed by atoms with van der Waals surface area (Å²) >= 11 is 0. The molecule has 1 aliphatic rings. The molecule has 0 radical (unpaired) electrons. The molecule has 2 heterocycles.